The van der Waals surface area contributed by atoms with Gasteiger partial charge in [0.2, 0.25) is 0 Å². The molecular formula is C15H17N3S. The second-order valence-electron chi connectivity index (χ2n) is 4.78. The Morgan fingerprint density at radius 3 is 3.00 bits per heavy atom. The lowest BCUT2D eigenvalue weighted by molar-refractivity contribution is 0.567. The number of imidazole rings is 1. The summed E-state index contributed by atoms with van der Waals surface area (Å²) >= 11 is 1.67. The molecule has 0 radical (unpaired) electrons. The van der Waals surface area contributed by atoms with Gasteiger partial charge in [-0.2, -0.15) is 0 Å². The van der Waals surface area contributed by atoms with Crippen LogP contribution >= 0.6 is 11.3 Å². The first kappa shape index (κ1) is 12.4. The minimum absolute atomic E-state index is 0.334. The summed E-state index contributed by atoms with van der Waals surface area (Å²) in [7, 11) is 0. The molecule has 1 aromatic carbocycles. The van der Waals surface area contributed by atoms with E-state index in [2.05, 4.69) is 64.4 Å². The van der Waals surface area contributed by atoms with Crippen molar-refractivity contribution < 1.29 is 0 Å². The van der Waals surface area contributed by atoms with Crippen LogP contribution in [0.15, 0.2) is 42.0 Å². The second kappa shape index (κ2) is 5.15. The molecule has 0 aliphatic heterocycles. The number of hydrogen-bond donors (Lipinski definition) is 1. The van der Waals surface area contributed by atoms with E-state index < -0.39 is 0 Å². The smallest absolute Gasteiger partial charge is 0.193 e. The lowest BCUT2D eigenvalue weighted by Gasteiger charge is -2.15. The number of fused-ring (bicyclic) bond motifs is 1. The van der Waals surface area contributed by atoms with E-state index in [1.807, 2.05) is 6.20 Å². The highest BCUT2D eigenvalue weighted by Crippen LogP contribution is 2.17. The molecule has 2 heterocycles. The van der Waals surface area contributed by atoms with Gasteiger partial charge in [0.25, 0.3) is 0 Å². The van der Waals surface area contributed by atoms with E-state index >= 15 is 0 Å². The zero-order chi connectivity index (χ0) is 13.2. The molecule has 0 bridgehead atoms. The number of aryl methyl sites for hydroxylation is 1. The van der Waals surface area contributed by atoms with Crippen molar-refractivity contribution in [1.82, 2.24) is 14.7 Å². The van der Waals surface area contributed by atoms with Crippen LogP contribution in [-0.2, 0) is 6.54 Å². The van der Waals surface area contributed by atoms with Crippen molar-refractivity contribution in [2.45, 2.75) is 26.4 Å². The van der Waals surface area contributed by atoms with Gasteiger partial charge in [-0.25, -0.2) is 4.98 Å². The van der Waals surface area contributed by atoms with Gasteiger partial charge in [0.05, 0.1) is 5.69 Å². The van der Waals surface area contributed by atoms with Crippen molar-refractivity contribution in [1.29, 1.82) is 0 Å². The summed E-state index contributed by atoms with van der Waals surface area (Å²) in [5, 5.41) is 5.59. The van der Waals surface area contributed by atoms with Gasteiger partial charge in [0.1, 0.15) is 0 Å². The van der Waals surface area contributed by atoms with Crippen LogP contribution in [0.2, 0.25) is 0 Å². The lowest BCUT2D eigenvalue weighted by Crippen LogP contribution is -2.19. The highest BCUT2D eigenvalue weighted by Gasteiger charge is 2.08. The van der Waals surface area contributed by atoms with E-state index in [0.717, 1.165) is 17.2 Å². The Morgan fingerprint density at radius 2 is 2.21 bits per heavy atom. The Balaban J connectivity index is 1.69. The Bertz CT molecular complexity index is 655. The second-order valence-corrected chi connectivity index (χ2v) is 5.66. The van der Waals surface area contributed by atoms with Crippen LogP contribution in [0.4, 0.5) is 0 Å². The first-order valence-corrected chi connectivity index (χ1v) is 7.32. The average molecular weight is 271 g/mol. The summed E-state index contributed by atoms with van der Waals surface area (Å²) in [5.74, 6) is 0. The fraction of sp³-hybridized carbons (Fsp3) is 0.267. The molecule has 3 aromatic rings. The number of hydrogen-bond acceptors (Lipinski definition) is 3. The van der Waals surface area contributed by atoms with Crippen LogP contribution in [-0.4, -0.2) is 9.38 Å². The molecule has 98 valence electrons. The molecule has 2 aromatic heterocycles. The molecule has 0 unspecified atom stereocenters. The fourth-order valence-electron chi connectivity index (χ4n) is 2.30. The lowest BCUT2D eigenvalue weighted by atomic mass is 10.0. The summed E-state index contributed by atoms with van der Waals surface area (Å²) < 4.78 is 2.07. The zero-order valence-corrected chi connectivity index (χ0v) is 11.9. The molecular weight excluding hydrogens is 254 g/mol. The molecule has 0 saturated heterocycles. The number of thiazole rings is 1. The largest absolute Gasteiger partial charge is 0.304 e. The summed E-state index contributed by atoms with van der Waals surface area (Å²) in [5.41, 5.74) is 3.77. The third-order valence-electron chi connectivity index (χ3n) is 3.39. The van der Waals surface area contributed by atoms with E-state index in [9.17, 15) is 0 Å². The molecule has 0 amide bonds. The van der Waals surface area contributed by atoms with Crippen molar-refractivity contribution >= 4 is 16.3 Å². The number of benzene rings is 1. The molecule has 0 aliphatic carbocycles. The minimum atomic E-state index is 0.334. The molecule has 19 heavy (non-hydrogen) atoms. The predicted molar refractivity (Wildman–Crippen MR) is 79.5 cm³/mol. The molecule has 0 fully saturated rings. The Kier molecular flexibility index (Phi) is 3.36. The predicted octanol–water partition coefficient (Wildman–Crippen LogP) is 3.56. The van der Waals surface area contributed by atoms with Crippen molar-refractivity contribution in [2.75, 3.05) is 0 Å². The van der Waals surface area contributed by atoms with Crippen LogP contribution in [0.5, 0.6) is 0 Å². The maximum atomic E-state index is 4.58. The van der Waals surface area contributed by atoms with Gasteiger partial charge in [-0.05, 0) is 25.0 Å². The first-order valence-electron chi connectivity index (χ1n) is 6.44. The summed E-state index contributed by atoms with van der Waals surface area (Å²) in [6, 6.07) is 8.84. The van der Waals surface area contributed by atoms with E-state index in [-0.39, 0.29) is 0 Å². The Morgan fingerprint density at radius 1 is 1.37 bits per heavy atom. The van der Waals surface area contributed by atoms with E-state index in [1.165, 1.54) is 11.1 Å². The summed E-state index contributed by atoms with van der Waals surface area (Å²) in [6.07, 6.45) is 4.13. The van der Waals surface area contributed by atoms with Crippen LogP contribution in [0.1, 0.15) is 29.8 Å². The quantitative estimate of drug-likeness (QED) is 0.786. The van der Waals surface area contributed by atoms with Crippen LogP contribution in [0, 0.1) is 6.92 Å². The maximum absolute atomic E-state index is 4.58. The molecule has 0 aliphatic rings. The van der Waals surface area contributed by atoms with Crippen molar-refractivity contribution in [3.05, 3.63) is 58.9 Å². The molecule has 3 nitrogen and oxygen atoms in total. The standard InChI is InChI=1S/C15H17N3S/c1-11-5-3-4-6-14(11)12(2)16-9-13-10-18-7-8-19-15(18)17-13/h3-8,10,12,16H,9H2,1-2H3/t12-/m1/s1. The summed E-state index contributed by atoms with van der Waals surface area (Å²) in [6.45, 7) is 5.14. The van der Waals surface area contributed by atoms with Gasteiger partial charge in [0.15, 0.2) is 4.96 Å². The fourth-order valence-corrected chi connectivity index (χ4v) is 3.02. The van der Waals surface area contributed by atoms with E-state index in [0.29, 0.717) is 6.04 Å². The number of nitrogens with zero attached hydrogens (tertiary/aromatic N) is 2. The Labute approximate surface area is 116 Å². The SMILES string of the molecule is Cc1ccccc1[C@@H](C)NCc1cn2ccsc2n1. The number of aromatic nitrogens is 2. The van der Waals surface area contributed by atoms with Crippen LogP contribution in [0.25, 0.3) is 4.96 Å². The average Bonchev–Trinajstić information content (AvgIpc) is 2.97. The van der Waals surface area contributed by atoms with Crippen molar-refractivity contribution in [3.8, 4) is 0 Å². The zero-order valence-electron chi connectivity index (χ0n) is 11.1. The normalized spacial score (nSPS) is 12.9. The van der Waals surface area contributed by atoms with Gasteiger partial charge in [-0.15, -0.1) is 11.3 Å². The van der Waals surface area contributed by atoms with E-state index in [1.54, 1.807) is 11.3 Å². The molecule has 3 rings (SSSR count). The monoisotopic (exact) mass is 271 g/mol. The molecule has 0 saturated carbocycles. The van der Waals surface area contributed by atoms with Gasteiger partial charge in [0, 0.05) is 30.4 Å². The molecule has 0 spiro atoms. The topological polar surface area (TPSA) is 29.3 Å². The van der Waals surface area contributed by atoms with Crippen molar-refractivity contribution in [2.24, 2.45) is 0 Å². The number of rotatable bonds is 4. The Hall–Kier alpha value is -1.65. The van der Waals surface area contributed by atoms with Gasteiger partial charge < -0.3 is 5.32 Å². The van der Waals surface area contributed by atoms with Gasteiger partial charge in [-0.1, -0.05) is 24.3 Å². The highest BCUT2D eigenvalue weighted by molar-refractivity contribution is 7.15. The third kappa shape index (κ3) is 2.55. The van der Waals surface area contributed by atoms with Crippen LogP contribution < -0.4 is 5.32 Å². The van der Waals surface area contributed by atoms with Crippen molar-refractivity contribution in [3.63, 3.8) is 0 Å². The number of nitrogens with one attached hydrogen (secondary N) is 1. The van der Waals surface area contributed by atoms with E-state index in [4.69, 9.17) is 0 Å². The van der Waals surface area contributed by atoms with Gasteiger partial charge in [-0.3, -0.25) is 4.40 Å². The highest BCUT2D eigenvalue weighted by atomic mass is 32.1. The van der Waals surface area contributed by atoms with Gasteiger partial charge >= 0.3 is 0 Å². The van der Waals surface area contributed by atoms with Crippen LogP contribution in [0.3, 0.4) is 0 Å². The first-order chi connectivity index (χ1) is 9.24. The molecule has 1 N–H and O–H groups in total. The molecule has 1 atom stereocenters. The third-order valence-corrected chi connectivity index (χ3v) is 4.16. The molecule has 4 heteroatoms. The minimum Gasteiger partial charge on any atom is -0.304 e. The summed E-state index contributed by atoms with van der Waals surface area (Å²) in [4.78, 5) is 5.64. The maximum Gasteiger partial charge on any atom is 0.193 e.